The quantitative estimate of drug-likeness (QED) is 0.639. The number of hydrogen-bond donors (Lipinski definition) is 0. The lowest BCUT2D eigenvalue weighted by Crippen LogP contribution is -2.07. The van der Waals surface area contributed by atoms with E-state index in [0.717, 1.165) is 11.3 Å². The van der Waals surface area contributed by atoms with Crippen LogP contribution in [0.15, 0.2) is 54.6 Å². The van der Waals surface area contributed by atoms with E-state index in [-0.39, 0.29) is 12.2 Å². The number of Topliss-reactive ketones (excluding diaryl/α,β-unsaturated/α-hetero) is 1. The standard InChI is InChI=1S/C17H14O4/c18-15-10-16(19)21-17(15)13-6-4-5-12(9-13)11-20-14-7-2-1-3-8-14/h1-9,17H,10-11H2. The molecule has 0 amide bonds. The van der Waals surface area contributed by atoms with Crippen molar-refractivity contribution in [2.45, 2.75) is 19.1 Å². The van der Waals surface area contributed by atoms with E-state index < -0.39 is 12.1 Å². The molecule has 1 heterocycles. The zero-order chi connectivity index (χ0) is 14.7. The predicted octanol–water partition coefficient (Wildman–Crippen LogP) is 2.82. The van der Waals surface area contributed by atoms with Gasteiger partial charge in [0, 0.05) is 5.56 Å². The first-order valence-electron chi connectivity index (χ1n) is 6.71. The van der Waals surface area contributed by atoms with Crippen LogP contribution in [-0.4, -0.2) is 11.8 Å². The Labute approximate surface area is 122 Å². The van der Waals surface area contributed by atoms with Crippen LogP contribution < -0.4 is 4.74 Å². The summed E-state index contributed by atoms with van der Waals surface area (Å²) >= 11 is 0. The number of rotatable bonds is 4. The maximum atomic E-state index is 11.7. The van der Waals surface area contributed by atoms with E-state index in [1.54, 1.807) is 6.07 Å². The van der Waals surface area contributed by atoms with Crippen molar-refractivity contribution in [2.24, 2.45) is 0 Å². The van der Waals surface area contributed by atoms with Gasteiger partial charge < -0.3 is 9.47 Å². The Morgan fingerprint density at radius 2 is 1.86 bits per heavy atom. The lowest BCUT2D eigenvalue weighted by Gasteiger charge is -2.11. The first-order chi connectivity index (χ1) is 10.2. The molecule has 2 aromatic carbocycles. The van der Waals surface area contributed by atoms with Crippen molar-refractivity contribution in [2.75, 3.05) is 0 Å². The maximum absolute atomic E-state index is 11.7. The van der Waals surface area contributed by atoms with Gasteiger partial charge in [-0.2, -0.15) is 0 Å². The van der Waals surface area contributed by atoms with Crippen LogP contribution in [0.1, 0.15) is 23.7 Å². The molecule has 0 aliphatic carbocycles. The highest BCUT2D eigenvalue weighted by Gasteiger charge is 2.33. The number of benzene rings is 2. The lowest BCUT2D eigenvalue weighted by molar-refractivity contribution is -0.142. The van der Waals surface area contributed by atoms with E-state index in [2.05, 4.69) is 0 Å². The minimum Gasteiger partial charge on any atom is -0.489 e. The molecule has 1 unspecified atom stereocenters. The molecule has 1 aliphatic rings. The second kappa shape index (κ2) is 5.79. The van der Waals surface area contributed by atoms with Crippen molar-refractivity contribution in [3.05, 3.63) is 65.7 Å². The van der Waals surface area contributed by atoms with Crippen molar-refractivity contribution in [3.8, 4) is 5.75 Å². The molecule has 0 radical (unpaired) electrons. The monoisotopic (exact) mass is 282 g/mol. The molecule has 0 saturated carbocycles. The summed E-state index contributed by atoms with van der Waals surface area (Å²) in [5, 5.41) is 0. The highest BCUT2D eigenvalue weighted by atomic mass is 16.6. The number of carbonyl (C=O) groups excluding carboxylic acids is 2. The number of esters is 1. The summed E-state index contributed by atoms with van der Waals surface area (Å²) in [5.41, 5.74) is 1.62. The highest BCUT2D eigenvalue weighted by Crippen LogP contribution is 2.27. The summed E-state index contributed by atoms with van der Waals surface area (Å²) in [5.74, 6) is 0.128. The summed E-state index contributed by atoms with van der Waals surface area (Å²) in [6.07, 6.45) is -0.913. The molecule has 1 atom stereocenters. The van der Waals surface area contributed by atoms with E-state index in [1.165, 1.54) is 0 Å². The van der Waals surface area contributed by atoms with Gasteiger partial charge in [-0.3, -0.25) is 9.59 Å². The van der Waals surface area contributed by atoms with Crippen LogP contribution >= 0.6 is 0 Å². The topological polar surface area (TPSA) is 52.6 Å². The number of cyclic esters (lactones) is 1. The maximum Gasteiger partial charge on any atom is 0.314 e. The fourth-order valence-corrected chi connectivity index (χ4v) is 2.26. The predicted molar refractivity (Wildman–Crippen MR) is 75.7 cm³/mol. The molecular weight excluding hydrogens is 268 g/mol. The molecule has 106 valence electrons. The van der Waals surface area contributed by atoms with Crippen LogP contribution in [0, 0.1) is 0 Å². The summed E-state index contributed by atoms with van der Waals surface area (Å²) in [6.45, 7) is 0.396. The molecule has 4 nitrogen and oxygen atoms in total. The van der Waals surface area contributed by atoms with Gasteiger partial charge in [-0.05, 0) is 23.8 Å². The summed E-state index contributed by atoms with van der Waals surface area (Å²) in [7, 11) is 0. The van der Waals surface area contributed by atoms with Crippen molar-refractivity contribution in [3.63, 3.8) is 0 Å². The number of ether oxygens (including phenoxy) is 2. The van der Waals surface area contributed by atoms with Gasteiger partial charge in [0.2, 0.25) is 0 Å². The Morgan fingerprint density at radius 3 is 2.57 bits per heavy atom. The Balaban J connectivity index is 1.71. The van der Waals surface area contributed by atoms with Gasteiger partial charge in [0.25, 0.3) is 0 Å². The molecule has 1 aliphatic heterocycles. The Bertz CT molecular complexity index is 664. The molecule has 3 rings (SSSR count). The largest absolute Gasteiger partial charge is 0.489 e. The molecule has 1 fully saturated rings. The van der Waals surface area contributed by atoms with E-state index >= 15 is 0 Å². The summed E-state index contributed by atoms with van der Waals surface area (Å²) in [4.78, 5) is 22.9. The fourth-order valence-electron chi connectivity index (χ4n) is 2.26. The lowest BCUT2D eigenvalue weighted by atomic mass is 10.0. The van der Waals surface area contributed by atoms with E-state index in [9.17, 15) is 9.59 Å². The van der Waals surface area contributed by atoms with Crippen LogP contribution in [0.4, 0.5) is 0 Å². The van der Waals surface area contributed by atoms with E-state index in [1.807, 2.05) is 48.5 Å². The van der Waals surface area contributed by atoms with Crippen molar-refractivity contribution in [1.29, 1.82) is 0 Å². The molecule has 2 aromatic rings. The summed E-state index contributed by atoms with van der Waals surface area (Å²) in [6, 6.07) is 16.9. The molecule has 4 heteroatoms. The Kier molecular flexibility index (Phi) is 3.69. The van der Waals surface area contributed by atoms with Gasteiger partial charge in [0.1, 0.15) is 18.8 Å². The van der Waals surface area contributed by atoms with Gasteiger partial charge in [-0.25, -0.2) is 0 Å². The molecule has 1 saturated heterocycles. The molecule has 0 aromatic heterocycles. The fraction of sp³-hybridized carbons (Fsp3) is 0.176. The van der Waals surface area contributed by atoms with E-state index in [4.69, 9.17) is 9.47 Å². The smallest absolute Gasteiger partial charge is 0.314 e. The number of hydrogen-bond acceptors (Lipinski definition) is 4. The third-order valence-corrected chi connectivity index (χ3v) is 3.26. The minimum atomic E-state index is -0.769. The van der Waals surface area contributed by atoms with Crippen LogP contribution in [0.3, 0.4) is 0 Å². The van der Waals surface area contributed by atoms with Crippen LogP contribution in [0.25, 0.3) is 0 Å². The summed E-state index contributed by atoms with van der Waals surface area (Å²) < 4.78 is 10.7. The zero-order valence-electron chi connectivity index (χ0n) is 11.3. The van der Waals surface area contributed by atoms with Crippen molar-refractivity contribution < 1.29 is 19.1 Å². The molecule has 0 spiro atoms. The highest BCUT2D eigenvalue weighted by molar-refractivity contribution is 6.03. The number of ketones is 1. The molecular formula is C17H14O4. The Morgan fingerprint density at radius 1 is 1.05 bits per heavy atom. The molecule has 0 bridgehead atoms. The first-order valence-corrected chi connectivity index (χ1v) is 6.71. The zero-order valence-corrected chi connectivity index (χ0v) is 11.3. The van der Waals surface area contributed by atoms with Gasteiger partial charge >= 0.3 is 5.97 Å². The third kappa shape index (κ3) is 3.11. The SMILES string of the molecule is O=C1CC(=O)C(c2cccc(COc3ccccc3)c2)O1. The first kappa shape index (κ1) is 13.4. The van der Waals surface area contributed by atoms with Gasteiger partial charge in [0.05, 0.1) is 0 Å². The number of carbonyl (C=O) groups is 2. The second-order valence-corrected chi connectivity index (χ2v) is 4.86. The van der Waals surface area contributed by atoms with Gasteiger partial charge in [-0.1, -0.05) is 36.4 Å². The minimum absolute atomic E-state index is 0.143. The van der Waals surface area contributed by atoms with Crippen LogP contribution in [0.5, 0.6) is 5.75 Å². The van der Waals surface area contributed by atoms with Crippen molar-refractivity contribution in [1.82, 2.24) is 0 Å². The third-order valence-electron chi connectivity index (χ3n) is 3.26. The van der Waals surface area contributed by atoms with Crippen molar-refractivity contribution >= 4 is 11.8 Å². The average molecular weight is 282 g/mol. The molecule has 21 heavy (non-hydrogen) atoms. The average Bonchev–Trinajstić information content (AvgIpc) is 2.85. The van der Waals surface area contributed by atoms with Crippen LogP contribution in [0.2, 0.25) is 0 Å². The van der Waals surface area contributed by atoms with E-state index in [0.29, 0.717) is 12.2 Å². The van der Waals surface area contributed by atoms with Gasteiger partial charge in [0.15, 0.2) is 11.9 Å². The molecule has 0 N–H and O–H groups in total. The number of para-hydroxylation sites is 1. The second-order valence-electron chi connectivity index (χ2n) is 4.86. The Hall–Kier alpha value is -2.62. The van der Waals surface area contributed by atoms with Crippen LogP contribution in [-0.2, 0) is 20.9 Å². The van der Waals surface area contributed by atoms with Gasteiger partial charge in [-0.15, -0.1) is 0 Å². The normalized spacial score (nSPS) is 17.6.